The standard InChI is InChI=1S/C7H7F6N3O/c1-2-4-5(17-7(11,12)13)15-16(14-4)3-6(8,9)10/h2-3H2,1H3. The zero-order valence-electron chi connectivity index (χ0n) is 8.43. The van der Waals surface area contributed by atoms with Crippen molar-refractivity contribution in [2.75, 3.05) is 0 Å². The first-order valence-electron chi connectivity index (χ1n) is 4.37. The second-order valence-corrected chi connectivity index (χ2v) is 3.00. The summed E-state index contributed by atoms with van der Waals surface area (Å²) in [4.78, 5) is 0.125. The maximum Gasteiger partial charge on any atom is 0.574 e. The van der Waals surface area contributed by atoms with E-state index in [4.69, 9.17) is 0 Å². The zero-order valence-corrected chi connectivity index (χ0v) is 8.43. The van der Waals surface area contributed by atoms with Crippen LogP contribution in [0.3, 0.4) is 0 Å². The Morgan fingerprint density at radius 1 is 1.12 bits per heavy atom. The van der Waals surface area contributed by atoms with Gasteiger partial charge in [-0.15, -0.1) is 18.3 Å². The largest absolute Gasteiger partial charge is 0.574 e. The molecule has 4 nitrogen and oxygen atoms in total. The first kappa shape index (κ1) is 13.6. The van der Waals surface area contributed by atoms with Crippen molar-refractivity contribution in [1.82, 2.24) is 15.0 Å². The third kappa shape index (κ3) is 4.49. The number of aryl methyl sites for hydroxylation is 1. The molecular formula is C7H7F6N3O. The lowest BCUT2D eigenvalue weighted by molar-refractivity contribution is -0.276. The Balaban J connectivity index is 2.91. The minimum Gasteiger partial charge on any atom is -0.384 e. The summed E-state index contributed by atoms with van der Waals surface area (Å²) in [6.45, 7) is -0.146. The van der Waals surface area contributed by atoms with Crippen LogP contribution < -0.4 is 4.74 Å². The highest BCUT2D eigenvalue weighted by molar-refractivity contribution is 5.15. The highest BCUT2D eigenvalue weighted by Crippen LogP contribution is 2.24. The van der Waals surface area contributed by atoms with Crippen LogP contribution in [0.1, 0.15) is 12.6 Å². The van der Waals surface area contributed by atoms with Crippen LogP contribution in [0.15, 0.2) is 0 Å². The fourth-order valence-electron chi connectivity index (χ4n) is 1.01. The molecule has 0 N–H and O–H groups in total. The topological polar surface area (TPSA) is 39.9 Å². The van der Waals surface area contributed by atoms with Crippen LogP contribution in [0, 0.1) is 0 Å². The van der Waals surface area contributed by atoms with E-state index in [2.05, 4.69) is 14.9 Å². The third-order valence-electron chi connectivity index (χ3n) is 1.56. The van der Waals surface area contributed by atoms with Crippen LogP contribution in [0.25, 0.3) is 0 Å². The summed E-state index contributed by atoms with van der Waals surface area (Å²) in [6, 6.07) is 0. The summed E-state index contributed by atoms with van der Waals surface area (Å²) in [6.07, 6.45) is -9.65. The normalized spacial score (nSPS) is 12.9. The molecule has 0 fully saturated rings. The monoisotopic (exact) mass is 263 g/mol. The van der Waals surface area contributed by atoms with Gasteiger partial charge < -0.3 is 4.74 Å². The molecule has 0 aliphatic carbocycles. The van der Waals surface area contributed by atoms with E-state index in [0.717, 1.165) is 0 Å². The molecule has 0 atom stereocenters. The van der Waals surface area contributed by atoms with Crippen molar-refractivity contribution in [3.05, 3.63) is 5.69 Å². The molecule has 0 bridgehead atoms. The number of aromatic nitrogens is 3. The van der Waals surface area contributed by atoms with Crippen LogP contribution in [0.2, 0.25) is 0 Å². The van der Waals surface area contributed by atoms with Crippen molar-refractivity contribution >= 4 is 0 Å². The molecule has 98 valence electrons. The predicted octanol–water partition coefficient (Wildman–Crippen LogP) is 2.30. The molecule has 1 heterocycles. The molecule has 1 aromatic heterocycles. The molecule has 0 aromatic carbocycles. The Morgan fingerprint density at radius 3 is 2.12 bits per heavy atom. The van der Waals surface area contributed by atoms with Gasteiger partial charge in [0, 0.05) is 0 Å². The summed E-state index contributed by atoms with van der Waals surface area (Å²) < 4.78 is 75.0. The van der Waals surface area contributed by atoms with Crippen molar-refractivity contribution in [3.8, 4) is 5.88 Å². The van der Waals surface area contributed by atoms with E-state index in [1.54, 1.807) is 0 Å². The van der Waals surface area contributed by atoms with Gasteiger partial charge in [-0.05, 0) is 6.42 Å². The third-order valence-corrected chi connectivity index (χ3v) is 1.56. The van der Waals surface area contributed by atoms with Gasteiger partial charge in [0.05, 0.1) is 0 Å². The Bertz CT molecular complexity index is 382. The molecule has 0 spiro atoms. The molecule has 1 aromatic rings. The van der Waals surface area contributed by atoms with E-state index < -0.39 is 25.0 Å². The highest BCUT2D eigenvalue weighted by Gasteiger charge is 2.35. The molecule has 0 radical (unpaired) electrons. The molecule has 0 saturated carbocycles. The van der Waals surface area contributed by atoms with E-state index >= 15 is 0 Å². The fraction of sp³-hybridized carbons (Fsp3) is 0.714. The van der Waals surface area contributed by atoms with Gasteiger partial charge in [0.1, 0.15) is 5.69 Å². The maximum absolute atomic E-state index is 12.0. The second kappa shape index (κ2) is 4.41. The van der Waals surface area contributed by atoms with Gasteiger partial charge in [-0.25, -0.2) is 0 Å². The number of hydrogen-bond acceptors (Lipinski definition) is 3. The summed E-state index contributed by atoms with van der Waals surface area (Å²) in [7, 11) is 0. The molecular weight excluding hydrogens is 256 g/mol. The SMILES string of the molecule is CCc1nn(CC(F)(F)F)nc1OC(F)(F)F. The van der Waals surface area contributed by atoms with Crippen LogP contribution in [-0.4, -0.2) is 27.5 Å². The molecule has 1 rings (SSSR count). The summed E-state index contributed by atoms with van der Waals surface area (Å²) in [5, 5.41) is 6.25. The second-order valence-electron chi connectivity index (χ2n) is 3.00. The predicted molar refractivity (Wildman–Crippen MR) is 42.1 cm³/mol. The van der Waals surface area contributed by atoms with E-state index in [1.807, 2.05) is 0 Å². The van der Waals surface area contributed by atoms with Gasteiger partial charge in [0.25, 0.3) is 5.88 Å². The van der Waals surface area contributed by atoms with Crippen LogP contribution in [0.5, 0.6) is 5.88 Å². The average molecular weight is 263 g/mol. The Kier molecular flexibility index (Phi) is 3.53. The number of rotatable bonds is 3. The van der Waals surface area contributed by atoms with E-state index in [0.29, 0.717) is 0 Å². The quantitative estimate of drug-likeness (QED) is 0.785. The minimum atomic E-state index is -5.01. The van der Waals surface area contributed by atoms with E-state index in [-0.39, 0.29) is 16.9 Å². The van der Waals surface area contributed by atoms with Crippen molar-refractivity contribution in [3.63, 3.8) is 0 Å². The van der Waals surface area contributed by atoms with Crippen molar-refractivity contribution in [1.29, 1.82) is 0 Å². The van der Waals surface area contributed by atoms with Crippen molar-refractivity contribution in [2.24, 2.45) is 0 Å². The van der Waals surface area contributed by atoms with Crippen LogP contribution >= 0.6 is 0 Å². The van der Waals surface area contributed by atoms with E-state index in [9.17, 15) is 26.3 Å². The average Bonchev–Trinajstić information content (AvgIpc) is 2.40. The van der Waals surface area contributed by atoms with Crippen LogP contribution in [-0.2, 0) is 13.0 Å². The van der Waals surface area contributed by atoms with Crippen LogP contribution in [0.4, 0.5) is 26.3 Å². The van der Waals surface area contributed by atoms with Gasteiger partial charge >= 0.3 is 12.5 Å². The lowest BCUT2D eigenvalue weighted by atomic mass is 10.4. The minimum absolute atomic E-state index is 0.0245. The maximum atomic E-state index is 12.0. The lowest BCUT2D eigenvalue weighted by Gasteiger charge is -2.06. The molecule has 0 aliphatic rings. The Hall–Kier alpha value is -1.48. The van der Waals surface area contributed by atoms with Gasteiger partial charge in [0.15, 0.2) is 6.54 Å². The first-order chi connectivity index (χ1) is 7.61. The van der Waals surface area contributed by atoms with E-state index in [1.165, 1.54) is 6.92 Å². The molecule has 0 aliphatic heterocycles. The lowest BCUT2D eigenvalue weighted by Crippen LogP contribution is -2.20. The number of ether oxygens (including phenoxy) is 1. The number of nitrogens with zero attached hydrogens (tertiary/aromatic N) is 3. The number of alkyl halides is 6. The fourth-order valence-corrected chi connectivity index (χ4v) is 1.01. The van der Waals surface area contributed by atoms with Gasteiger partial charge in [0.2, 0.25) is 0 Å². The summed E-state index contributed by atoms with van der Waals surface area (Å²) in [5.41, 5.74) is -0.286. The summed E-state index contributed by atoms with van der Waals surface area (Å²) in [5.74, 6) is -0.954. The summed E-state index contributed by atoms with van der Waals surface area (Å²) >= 11 is 0. The first-order valence-corrected chi connectivity index (χ1v) is 4.37. The Labute approximate surface area is 91.2 Å². The molecule has 0 amide bonds. The van der Waals surface area contributed by atoms with Gasteiger partial charge in [-0.1, -0.05) is 6.92 Å². The van der Waals surface area contributed by atoms with Gasteiger partial charge in [-0.2, -0.15) is 23.1 Å². The Morgan fingerprint density at radius 2 is 1.71 bits per heavy atom. The van der Waals surface area contributed by atoms with Gasteiger partial charge in [-0.3, -0.25) is 0 Å². The smallest absolute Gasteiger partial charge is 0.384 e. The number of hydrogen-bond donors (Lipinski definition) is 0. The molecule has 10 heteroatoms. The van der Waals surface area contributed by atoms with Crippen molar-refractivity contribution < 1.29 is 31.1 Å². The zero-order chi connectivity index (χ0) is 13.3. The molecule has 0 unspecified atom stereocenters. The van der Waals surface area contributed by atoms with Crippen molar-refractivity contribution in [2.45, 2.75) is 32.4 Å². The number of halogens is 6. The molecule has 17 heavy (non-hydrogen) atoms. The molecule has 0 saturated heterocycles. The highest BCUT2D eigenvalue weighted by atomic mass is 19.4.